The summed E-state index contributed by atoms with van der Waals surface area (Å²) in [6.07, 6.45) is 0.898. The van der Waals surface area contributed by atoms with Gasteiger partial charge in [0, 0.05) is 44.6 Å². The standard InChI is InChI=1S/C20H29N5O2S/c1-5-14-10-16(23-18-15(20(27)21-4)12-28-19(14)18)25-8-6-24(7-9-25)11-17(26)22-13(2)3/h10,12-13H,5-9,11H2,1-4H3,(H,21,27)(H,22,26). The Labute approximate surface area is 170 Å². The Kier molecular flexibility index (Phi) is 6.51. The van der Waals surface area contributed by atoms with Crippen molar-refractivity contribution in [3.63, 3.8) is 0 Å². The van der Waals surface area contributed by atoms with Gasteiger partial charge in [-0.05, 0) is 31.9 Å². The van der Waals surface area contributed by atoms with E-state index < -0.39 is 0 Å². The van der Waals surface area contributed by atoms with Gasteiger partial charge in [-0.25, -0.2) is 4.98 Å². The van der Waals surface area contributed by atoms with Crippen molar-refractivity contribution < 1.29 is 9.59 Å². The van der Waals surface area contributed by atoms with Crippen LogP contribution in [-0.4, -0.2) is 67.5 Å². The second-order valence-electron chi connectivity index (χ2n) is 7.38. The highest BCUT2D eigenvalue weighted by atomic mass is 32.1. The lowest BCUT2D eigenvalue weighted by Gasteiger charge is -2.35. The zero-order valence-electron chi connectivity index (χ0n) is 17.0. The van der Waals surface area contributed by atoms with Gasteiger partial charge in [0.05, 0.1) is 22.3 Å². The number of hydrogen-bond donors (Lipinski definition) is 2. The van der Waals surface area contributed by atoms with Crippen LogP contribution in [0.4, 0.5) is 5.82 Å². The number of rotatable bonds is 6. The van der Waals surface area contributed by atoms with Crippen molar-refractivity contribution in [3.05, 3.63) is 22.6 Å². The van der Waals surface area contributed by atoms with Crippen molar-refractivity contribution in [2.24, 2.45) is 0 Å². The lowest BCUT2D eigenvalue weighted by atomic mass is 10.1. The van der Waals surface area contributed by atoms with E-state index in [4.69, 9.17) is 4.98 Å². The van der Waals surface area contributed by atoms with Gasteiger partial charge in [0.2, 0.25) is 5.91 Å². The number of aryl methyl sites for hydroxylation is 1. The fraction of sp³-hybridized carbons (Fsp3) is 0.550. The van der Waals surface area contributed by atoms with Crippen molar-refractivity contribution in [2.75, 3.05) is 44.7 Å². The molecule has 8 heteroatoms. The van der Waals surface area contributed by atoms with Crippen molar-refractivity contribution in [1.29, 1.82) is 0 Å². The van der Waals surface area contributed by atoms with E-state index in [1.54, 1.807) is 18.4 Å². The quantitative estimate of drug-likeness (QED) is 0.770. The number of nitrogens with zero attached hydrogens (tertiary/aromatic N) is 3. The number of carbonyl (C=O) groups is 2. The highest BCUT2D eigenvalue weighted by molar-refractivity contribution is 7.17. The molecule has 0 saturated carbocycles. The molecule has 1 saturated heterocycles. The highest BCUT2D eigenvalue weighted by Gasteiger charge is 2.22. The molecule has 28 heavy (non-hydrogen) atoms. The summed E-state index contributed by atoms with van der Waals surface area (Å²) in [6.45, 7) is 9.78. The van der Waals surface area contributed by atoms with Gasteiger partial charge in [0.1, 0.15) is 5.82 Å². The first-order valence-corrected chi connectivity index (χ1v) is 10.7. The third kappa shape index (κ3) is 4.44. The average molecular weight is 404 g/mol. The number of hydrogen-bond acceptors (Lipinski definition) is 6. The Morgan fingerprint density at radius 3 is 2.57 bits per heavy atom. The van der Waals surface area contributed by atoms with Crippen LogP contribution in [-0.2, 0) is 11.2 Å². The van der Waals surface area contributed by atoms with Gasteiger partial charge in [-0.15, -0.1) is 11.3 Å². The molecule has 3 heterocycles. The zero-order valence-corrected chi connectivity index (χ0v) is 17.9. The number of carbonyl (C=O) groups excluding carboxylic acids is 2. The van der Waals surface area contributed by atoms with Crippen LogP contribution in [0, 0.1) is 0 Å². The van der Waals surface area contributed by atoms with E-state index in [-0.39, 0.29) is 17.9 Å². The molecule has 0 aromatic carbocycles. The molecule has 0 aliphatic carbocycles. The fourth-order valence-corrected chi connectivity index (χ4v) is 4.56. The van der Waals surface area contributed by atoms with Gasteiger partial charge < -0.3 is 15.5 Å². The summed E-state index contributed by atoms with van der Waals surface area (Å²) in [5.74, 6) is 0.892. The third-order valence-corrected chi connectivity index (χ3v) is 6.00. The normalized spacial score (nSPS) is 15.2. The van der Waals surface area contributed by atoms with Crippen molar-refractivity contribution in [1.82, 2.24) is 20.5 Å². The molecule has 2 amide bonds. The van der Waals surface area contributed by atoms with E-state index in [0.717, 1.165) is 48.6 Å². The van der Waals surface area contributed by atoms with Crippen LogP contribution < -0.4 is 15.5 Å². The molecule has 152 valence electrons. The Morgan fingerprint density at radius 1 is 1.25 bits per heavy atom. The van der Waals surface area contributed by atoms with Gasteiger partial charge in [-0.1, -0.05) is 6.92 Å². The number of anilines is 1. The van der Waals surface area contributed by atoms with Crippen LogP contribution in [0.2, 0.25) is 0 Å². The Morgan fingerprint density at radius 2 is 1.96 bits per heavy atom. The molecule has 0 unspecified atom stereocenters. The summed E-state index contributed by atoms with van der Waals surface area (Å²) >= 11 is 1.58. The smallest absolute Gasteiger partial charge is 0.254 e. The molecule has 0 spiro atoms. The summed E-state index contributed by atoms with van der Waals surface area (Å²) in [4.78, 5) is 33.4. The van der Waals surface area contributed by atoms with Gasteiger partial charge in [-0.3, -0.25) is 14.5 Å². The largest absolute Gasteiger partial charge is 0.355 e. The number of pyridine rings is 1. The molecule has 7 nitrogen and oxygen atoms in total. The van der Waals surface area contributed by atoms with Gasteiger partial charge in [0.25, 0.3) is 5.91 Å². The minimum Gasteiger partial charge on any atom is -0.355 e. The number of aromatic nitrogens is 1. The Hall–Kier alpha value is -2.19. The van der Waals surface area contributed by atoms with E-state index in [1.165, 1.54) is 5.56 Å². The summed E-state index contributed by atoms with van der Waals surface area (Å²) in [7, 11) is 1.64. The first-order valence-electron chi connectivity index (χ1n) is 9.82. The van der Waals surface area contributed by atoms with Crippen LogP contribution in [0.5, 0.6) is 0 Å². The lowest BCUT2D eigenvalue weighted by Crippen LogP contribution is -2.50. The Balaban J connectivity index is 1.75. The second-order valence-corrected chi connectivity index (χ2v) is 8.26. The van der Waals surface area contributed by atoms with Crippen molar-refractivity contribution >= 4 is 39.2 Å². The molecule has 2 N–H and O–H groups in total. The van der Waals surface area contributed by atoms with Crippen molar-refractivity contribution in [2.45, 2.75) is 33.2 Å². The highest BCUT2D eigenvalue weighted by Crippen LogP contribution is 2.31. The van der Waals surface area contributed by atoms with Crippen molar-refractivity contribution in [3.8, 4) is 0 Å². The third-order valence-electron chi connectivity index (χ3n) is 4.95. The molecule has 2 aromatic rings. The maximum Gasteiger partial charge on any atom is 0.254 e. The first-order chi connectivity index (χ1) is 13.4. The Bertz CT molecular complexity index is 856. The molecule has 1 aliphatic heterocycles. The predicted molar refractivity (Wildman–Crippen MR) is 114 cm³/mol. The molecular formula is C20H29N5O2S. The van der Waals surface area contributed by atoms with Gasteiger partial charge >= 0.3 is 0 Å². The molecule has 1 fully saturated rings. The van der Waals surface area contributed by atoms with E-state index >= 15 is 0 Å². The fourth-order valence-electron chi connectivity index (χ4n) is 3.48. The SMILES string of the molecule is CCc1cc(N2CCN(CC(=O)NC(C)C)CC2)nc2c(C(=O)NC)csc12. The van der Waals surface area contributed by atoms with E-state index in [1.807, 2.05) is 19.2 Å². The number of nitrogens with one attached hydrogen (secondary N) is 2. The maximum absolute atomic E-state index is 12.2. The molecule has 0 radical (unpaired) electrons. The van der Waals surface area contributed by atoms with Crippen LogP contribution in [0.1, 0.15) is 36.7 Å². The van der Waals surface area contributed by atoms with Crippen LogP contribution in [0.3, 0.4) is 0 Å². The van der Waals surface area contributed by atoms with Crippen LogP contribution in [0.25, 0.3) is 10.2 Å². The molecule has 0 atom stereocenters. The van der Waals surface area contributed by atoms with Gasteiger partial charge in [-0.2, -0.15) is 0 Å². The number of piperazine rings is 1. The topological polar surface area (TPSA) is 77.6 Å². The second kappa shape index (κ2) is 8.87. The number of thiophene rings is 1. The molecular weight excluding hydrogens is 374 g/mol. The molecule has 0 bridgehead atoms. The average Bonchev–Trinajstić information content (AvgIpc) is 3.10. The predicted octanol–water partition coefficient (Wildman–Crippen LogP) is 1.86. The maximum atomic E-state index is 12.2. The monoisotopic (exact) mass is 403 g/mol. The zero-order chi connectivity index (χ0) is 20.3. The van der Waals surface area contributed by atoms with Crippen LogP contribution >= 0.6 is 11.3 Å². The number of fused-ring (bicyclic) bond motifs is 1. The summed E-state index contributed by atoms with van der Waals surface area (Å²) in [6, 6.07) is 2.31. The number of amides is 2. The van der Waals surface area contributed by atoms with E-state index in [0.29, 0.717) is 12.1 Å². The van der Waals surface area contributed by atoms with E-state index in [2.05, 4.69) is 33.4 Å². The minimum absolute atomic E-state index is 0.0738. The summed E-state index contributed by atoms with van der Waals surface area (Å²) in [5.41, 5.74) is 2.65. The van der Waals surface area contributed by atoms with Crippen LogP contribution in [0.15, 0.2) is 11.4 Å². The summed E-state index contributed by atoms with van der Waals surface area (Å²) in [5, 5.41) is 7.54. The lowest BCUT2D eigenvalue weighted by molar-refractivity contribution is -0.122. The minimum atomic E-state index is -0.0982. The van der Waals surface area contributed by atoms with E-state index in [9.17, 15) is 9.59 Å². The summed E-state index contributed by atoms with van der Waals surface area (Å²) < 4.78 is 1.09. The molecule has 1 aliphatic rings. The first kappa shape index (κ1) is 20.5. The van der Waals surface area contributed by atoms with Gasteiger partial charge in [0.15, 0.2) is 0 Å². The molecule has 3 rings (SSSR count). The molecule has 2 aromatic heterocycles.